The van der Waals surface area contributed by atoms with Crippen molar-refractivity contribution in [3.05, 3.63) is 92.9 Å². The summed E-state index contributed by atoms with van der Waals surface area (Å²) in [6.07, 6.45) is 1.43. The molecule has 8 heteroatoms. The first-order valence-electron chi connectivity index (χ1n) is 9.17. The highest BCUT2D eigenvalue weighted by Gasteiger charge is 2.09. The number of nitrogens with one attached hydrogen (secondary N) is 1. The predicted octanol–water partition coefficient (Wildman–Crippen LogP) is 7.03. The lowest BCUT2D eigenvalue weighted by Crippen LogP contribution is -1.99. The maximum absolute atomic E-state index is 10.1. The predicted molar refractivity (Wildman–Crippen MR) is 130 cm³/mol. The Morgan fingerprint density at radius 3 is 2.39 bits per heavy atom. The molecule has 0 atom stereocenters. The van der Waals surface area contributed by atoms with E-state index >= 15 is 0 Å². The summed E-state index contributed by atoms with van der Waals surface area (Å²) in [7, 11) is 0. The van der Waals surface area contributed by atoms with Crippen molar-refractivity contribution in [3.8, 4) is 28.4 Å². The summed E-state index contributed by atoms with van der Waals surface area (Å²) in [6.45, 7) is 0. The van der Waals surface area contributed by atoms with Crippen LogP contribution in [0.25, 0.3) is 22.6 Å². The van der Waals surface area contributed by atoms with Gasteiger partial charge in [0.05, 0.1) is 16.9 Å². The molecule has 1 aromatic heterocycles. The molecule has 4 rings (SSSR count). The van der Waals surface area contributed by atoms with Crippen molar-refractivity contribution >= 4 is 51.2 Å². The summed E-state index contributed by atoms with van der Waals surface area (Å²) >= 11 is 15.4. The summed E-state index contributed by atoms with van der Waals surface area (Å²) in [5.41, 5.74) is 5.86. The minimum atomic E-state index is -0.0974. The minimum absolute atomic E-state index is 0.0974. The molecule has 31 heavy (non-hydrogen) atoms. The number of aromatic hydroxyl groups is 1. The third-order valence-corrected chi connectivity index (χ3v) is 5.37. The van der Waals surface area contributed by atoms with Gasteiger partial charge in [-0.25, -0.2) is 9.97 Å². The van der Waals surface area contributed by atoms with Crippen molar-refractivity contribution in [2.24, 2.45) is 5.10 Å². The standard InChI is InChI=1S/C23H15BrCl2N4O/c24-17-8-6-15(7-9-17)23-28-20(14-4-2-1-3-5-14)12-21(29-23)30-27-13-16-10-18(25)11-19(26)22(16)31/h1-13,31H,(H,28,29,30)/b27-13+. The number of benzene rings is 3. The zero-order valence-electron chi connectivity index (χ0n) is 15.9. The molecule has 0 saturated heterocycles. The Morgan fingerprint density at radius 1 is 0.903 bits per heavy atom. The van der Waals surface area contributed by atoms with Crippen LogP contribution < -0.4 is 5.43 Å². The molecular formula is C23H15BrCl2N4O. The van der Waals surface area contributed by atoms with Gasteiger partial charge in [-0.2, -0.15) is 5.10 Å². The summed E-state index contributed by atoms with van der Waals surface area (Å²) in [5.74, 6) is 0.954. The van der Waals surface area contributed by atoms with Crippen LogP contribution in [0.5, 0.6) is 5.75 Å². The van der Waals surface area contributed by atoms with Gasteiger partial charge in [-0.15, -0.1) is 0 Å². The Morgan fingerprint density at radius 2 is 1.65 bits per heavy atom. The van der Waals surface area contributed by atoms with Crippen LogP contribution >= 0.6 is 39.1 Å². The van der Waals surface area contributed by atoms with Gasteiger partial charge in [0.1, 0.15) is 5.75 Å². The second-order valence-electron chi connectivity index (χ2n) is 6.53. The lowest BCUT2D eigenvalue weighted by molar-refractivity contribution is 0.475. The number of hydrazone groups is 1. The topological polar surface area (TPSA) is 70.4 Å². The molecule has 4 aromatic rings. The molecule has 0 radical (unpaired) electrons. The number of hydrogen-bond donors (Lipinski definition) is 2. The summed E-state index contributed by atoms with van der Waals surface area (Å²) < 4.78 is 0.971. The van der Waals surface area contributed by atoms with Gasteiger partial charge in [0.25, 0.3) is 0 Å². The van der Waals surface area contributed by atoms with Gasteiger partial charge in [-0.05, 0) is 24.3 Å². The average Bonchev–Trinajstić information content (AvgIpc) is 2.78. The van der Waals surface area contributed by atoms with Gasteiger partial charge in [0.2, 0.25) is 0 Å². The van der Waals surface area contributed by atoms with Crippen molar-refractivity contribution in [1.82, 2.24) is 9.97 Å². The van der Waals surface area contributed by atoms with Crippen LogP contribution in [0.3, 0.4) is 0 Å². The second-order valence-corrected chi connectivity index (χ2v) is 8.29. The second kappa shape index (κ2) is 9.47. The maximum Gasteiger partial charge on any atom is 0.162 e. The first-order chi connectivity index (χ1) is 15.0. The molecular weight excluding hydrogens is 499 g/mol. The Kier molecular flexibility index (Phi) is 6.51. The average molecular weight is 514 g/mol. The Balaban J connectivity index is 1.70. The highest BCUT2D eigenvalue weighted by Crippen LogP contribution is 2.30. The van der Waals surface area contributed by atoms with Crippen LogP contribution in [0.4, 0.5) is 5.82 Å². The highest BCUT2D eigenvalue weighted by molar-refractivity contribution is 9.10. The molecule has 1 heterocycles. The number of hydrogen-bond acceptors (Lipinski definition) is 5. The number of phenolic OH excluding ortho intramolecular Hbond substituents is 1. The fourth-order valence-electron chi connectivity index (χ4n) is 2.84. The third-order valence-electron chi connectivity index (χ3n) is 4.34. The molecule has 154 valence electrons. The fourth-order valence-corrected chi connectivity index (χ4v) is 3.62. The number of aromatic nitrogens is 2. The molecule has 0 aliphatic carbocycles. The molecule has 2 N–H and O–H groups in total. The van der Waals surface area contributed by atoms with E-state index in [1.807, 2.05) is 54.6 Å². The SMILES string of the molecule is Oc1c(Cl)cc(Cl)cc1/C=N/Nc1cc(-c2ccccc2)nc(-c2ccc(Br)cc2)n1. The molecule has 0 aliphatic heterocycles. The van der Waals surface area contributed by atoms with Gasteiger partial charge in [-0.3, -0.25) is 5.43 Å². The first-order valence-corrected chi connectivity index (χ1v) is 10.7. The van der Waals surface area contributed by atoms with Crippen LogP contribution in [0.15, 0.2) is 82.4 Å². The van der Waals surface area contributed by atoms with Crippen LogP contribution in [0, 0.1) is 0 Å². The Hall–Kier alpha value is -2.93. The van der Waals surface area contributed by atoms with Crippen LogP contribution in [0.1, 0.15) is 5.56 Å². The number of nitrogens with zero attached hydrogens (tertiary/aromatic N) is 3. The first kappa shape index (κ1) is 21.3. The zero-order chi connectivity index (χ0) is 21.8. The largest absolute Gasteiger partial charge is 0.506 e. The van der Waals surface area contributed by atoms with Crippen molar-refractivity contribution in [2.45, 2.75) is 0 Å². The minimum Gasteiger partial charge on any atom is -0.506 e. The quantitative estimate of drug-likeness (QED) is 0.222. The van der Waals surface area contributed by atoms with Gasteiger partial charge >= 0.3 is 0 Å². The van der Waals surface area contributed by atoms with Crippen molar-refractivity contribution in [2.75, 3.05) is 5.43 Å². The van der Waals surface area contributed by atoms with E-state index < -0.39 is 0 Å². The molecule has 0 unspecified atom stereocenters. The molecule has 0 fully saturated rings. The van der Waals surface area contributed by atoms with Crippen LogP contribution in [-0.2, 0) is 0 Å². The van der Waals surface area contributed by atoms with E-state index in [9.17, 15) is 5.11 Å². The van der Waals surface area contributed by atoms with E-state index in [1.165, 1.54) is 12.3 Å². The van der Waals surface area contributed by atoms with Gasteiger partial charge in [0.15, 0.2) is 11.6 Å². The van der Waals surface area contributed by atoms with E-state index in [0.717, 1.165) is 21.3 Å². The third kappa shape index (κ3) is 5.22. The molecule has 0 amide bonds. The highest BCUT2D eigenvalue weighted by atomic mass is 79.9. The molecule has 0 saturated carbocycles. The number of phenols is 1. The molecule has 0 bridgehead atoms. The summed E-state index contributed by atoms with van der Waals surface area (Å²) in [5, 5.41) is 14.8. The van der Waals surface area contributed by atoms with Gasteiger partial charge in [-0.1, -0.05) is 81.6 Å². The Labute approximate surface area is 197 Å². The fraction of sp³-hybridized carbons (Fsp3) is 0. The monoisotopic (exact) mass is 512 g/mol. The smallest absolute Gasteiger partial charge is 0.162 e. The van der Waals surface area contributed by atoms with E-state index in [-0.39, 0.29) is 10.8 Å². The summed E-state index contributed by atoms with van der Waals surface area (Å²) in [4.78, 5) is 9.30. The van der Waals surface area contributed by atoms with E-state index in [1.54, 1.807) is 12.1 Å². The molecule has 0 aliphatic rings. The number of anilines is 1. The summed E-state index contributed by atoms with van der Waals surface area (Å²) in [6, 6.07) is 22.4. The molecule has 5 nitrogen and oxygen atoms in total. The maximum atomic E-state index is 10.1. The lowest BCUT2D eigenvalue weighted by Gasteiger charge is -2.09. The van der Waals surface area contributed by atoms with Crippen molar-refractivity contribution in [1.29, 1.82) is 0 Å². The van der Waals surface area contributed by atoms with Gasteiger partial charge in [0, 0.05) is 32.3 Å². The Bertz CT molecular complexity index is 1250. The van der Waals surface area contributed by atoms with E-state index in [2.05, 4.69) is 31.4 Å². The zero-order valence-corrected chi connectivity index (χ0v) is 19.0. The van der Waals surface area contributed by atoms with E-state index in [0.29, 0.717) is 22.2 Å². The van der Waals surface area contributed by atoms with Crippen molar-refractivity contribution < 1.29 is 5.11 Å². The molecule has 0 spiro atoms. The van der Waals surface area contributed by atoms with E-state index in [4.69, 9.17) is 28.2 Å². The lowest BCUT2D eigenvalue weighted by atomic mass is 10.1. The van der Waals surface area contributed by atoms with Gasteiger partial charge < -0.3 is 5.11 Å². The van der Waals surface area contributed by atoms with Crippen LogP contribution in [0.2, 0.25) is 10.0 Å². The van der Waals surface area contributed by atoms with Crippen molar-refractivity contribution in [3.63, 3.8) is 0 Å². The molecule has 3 aromatic carbocycles. The van der Waals surface area contributed by atoms with Crippen LogP contribution in [-0.4, -0.2) is 21.3 Å². The number of rotatable bonds is 5. The normalized spacial score (nSPS) is 11.1. The number of halogens is 3.